The van der Waals surface area contributed by atoms with Crippen LogP contribution in [0.25, 0.3) is 0 Å². The van der Waals surface area contributed by atoms with E-state index in [-0.39, 0.29) is 24.2 Å². The van der Waals surface area contributed by atoms with Gasteiger partial charge in [-0.15, -0.1) is 11.3 Å². The van der Waals surface area contributed by atoms with Gasteiger partial charge in [0.1, 0.15) is 11.6 Å². The highest BCUT2D eigenvalue weighted by Gasteiger charge is 2.30. The minimum atomic E-state index is -0.776. The number of fused-ring (bicyclic) bond motifs is 1. The molecule has 1 aliphatic heterocycles. The van der Waals surface area contributed by atoms with Crippen molar-refractivity contribution in [2.24, 2.45) is 0 Å². The summed E-state index contributed by atoms with van der Waals surface area (Å²) in [5.41, 5.74) is 2.33. The molecule has 2 heterocycles. The van der Waals surface area contributed by atoms with Crippen LogP contribution in [0.4, 0.5) is 14.5 Å². The number of nitrogens with one attached hydrogen (secondary N) is 1. The lowest BCUT2D eigenvalue weighted by molar-refractivity contribution is -0.117. The third kappa shape index (κ3) is 3.77. The molecule has 0 saturated heterocycles. The average Bonchev–Trinajstić information content (AvgIpc) is 3.13. The van der Waals surface area contributed by atoms with Gasteiger partial charge in [-0.2, -0.15) is 0 Å². The largest absolute Gasteiger partial charge is 0.322 e. The predicted octanol–water partition coefficient (Wildman–Crippen LogP) is 4.61. The Hall–Kier alpha value is -2.57. The number of thiophene rings is 1. The summed E-state index contributed by atoms with van der Waals surface area (Å²) in [6.07, 6.45) is 0.883. The molecule has 1 aromatic heterocycles. The fourth-order valence-electron chi connectivity index (χ4n) is 3.53. The number of amides is 1. The van der Waals surface area contributed by atoms with E-state index in [1.54, 1.807) is 11.3 Å². The van der Waals surface area contributed by atoms with Gasteiger partial charge < -0.3 is 5.32 Å². The Labute approximate surface area is 160 Å². The zero-order chi connectivity index (χ0) is 18.8. The molecule has 27 heavy (non-hydrogen) atoms. The number of carbonyl (C=O) groups excluding carboxylic acids is 1. The molecule has 4 rings (SSSR count). The quantitative estimate of drug-likeness (QED) is 0.712. The van der Waals surface area contributed by atoms with Gasteiger partial charge in [-0.1, -0.05) is 30.3 Å². The van der Waals surface area contributed by atoms with E-state index in [1.165, 1.54) is 16.5 Å². The molecule has 0 fully saturated rings. The topological polar surface area (TPSA) is 32.3 Å². The molecule has 0 aliphatic carbocycles. The van der Waals surface area contributed by atoms with Crippen LogP contribution in [0.3, 0.4) is 0 Å². The molecule has 1 amide bonds. The van der Waals surface area contributed by atoms with Crippen LogP contribution in [0.2, 0.25) is 0 Å². The first-order chi connectivity index (χ1) is 13.1. The zero-order valence-electron chi connectivity index (χ0n) is 14.5. The van der Waals surface area contributed by atoms with Gasteiger partial charge >= 0.3 is 0 Å². The Morgan fingerprint density at radius 1 is 1.15 bits per heavy atom. The van der Waals surface area contributed by atoms with E-state index in [1.807, 2.05) is 18.2 Å². The van der Waals surface area contributed by atoms with Crippen LogP contribution in [0, 0.1) is 11.6 Å². The van der Waals surface area contributed by atoms with Gasteiger partial charge in [-0.25, -0.2) is 8.78 Å². The number of hydrogen-bond donors (Lipinski definition) is 1. The van der Waals surface area contributed by atoms with Crippen molar-refractivity contribution < 1.29 is 13.6 Å². The van der Waals surface area contributed by atoms with Crippen LogP contribution in [-0.4, -0.2) is 23.9 Å². The van der Waals surface area contributed by atoms with Crippen molar-refractivity contribution in [3.8, 4) is 0 Å². The highest BCUT2D eigenvalue weighted by atomic mass is 32.1. The lowest BCUT2D eigenvalue weighted by Gasteiger charge is -2.35. The number of hydrogen-bond acceptors (Lipinski definition) is 3. The summed E-state index contributed by atoms with van der Waals surface area (Å²) in [5.74, 6) is -1.77. The van der Waals surface area contributed by atoms with Crippen LogP contribution < -0.4 is 5.32 Å². The predicted molar refractivity (Wildman–Crippen MR) is 103 cm³/mol. The zero-order valence-corrected chi connectivity index (χ0v) is 15.3. The molecular formula is C21H18F2N2OS. The van der Waals surface area contributed by atoms with Crippen LogP contribution in [0.15, 0.2) is 60.0 Å². The molecule has 138 valence electrons. The van der Waals surface area contributed by atoms with Gasteiger partial charge in [-0.05, 0) is 41.1 Å². The highest BCUT2D eigenvalue weighted by molar-refractivity contribution is 7.10. The molecular weight excluding hydrogens is 366 g/mol. The number of anilines is 1. The Balaban J connectivity index is 1.56. The summed E-state index contributed by atoms with van der Waals surface area (Å²) < 4.78 is 26.9. The van der Waals surface area contributed by atoms with Crippen molar-refractivity contribution in [3.63, 3.8) is 0 Å². The molecule has 0 bridgehead atoms. The molecule has 0 saturated carbocycles. The molecule has 0 spiro atoms. The fourth-order valence-corrected chi connectivity index (χ4v) is 4.43. The van der Waals surface area contributed by atoms with E-state index < -0.39 is 11.6 Å². The van der Waals surface area contributed by atoms with Crippen LogP contribution in [0.1, 0.15) is 22.0 Å². The molecule has 1 unspecified atom stereocenters. The summed E-state index contributed by atoms with van der Waals surface area (Å²) in [7, 11) is 0. The molecule has 1 aliphatic rings. The normalized spacial score (nSPS) is 16.7. The van der Waals surface area contributed by atoms with Crippen LogP contribution >= 0.6 is 11.3 Å². The molecule has 2 aromatic carbocycles. The number of rotatable bonds is 4. The van der Waals surface area contributed by atoms with Crippen molar-refractivity contribution in [2.75, 3.05) is 18.4 Å². The Morgan fingerprint density at radius 3 is 2.74 bits per heavy atom. The van der Waals surface area contributed by atoms with Gasteiger partial charge in [-0.3, -0.25) is 9.69 Å². The standard InChI is InChI=1S/C21H18F2N2OS/c22-15-6-7-18(17(23)12-15)24-20(26)13-25-10-8-19-16(9-11-27-19)21(25)14-4-2-1-3-5-14/h1-7,9,11-12,21H,8,10,13H2,(H,24,26). The van der Waals surface area contributed by atoms with E-state index in [9.17, 15) is 13.6 Å². The molecule has 6 heteroatoms. The second-order valence-corrected chi connectivity index (χ2v) is 7.51. The third-order valence-corrected chi connectivity index (χ3v) is 5.73. The maximum absolute atomic E-state index is 13.8. The van der Waals surface area contributed by atoms with Gasteiger partial charge in [0.2, 0.25) is 5.91 Å². The van der Waals surface area contributed by atoms with Crippen molar-refractivity contribution in [3.05, 3.63) is 87.6 Å². The Bertz CT molecular complexity index is 958. The average molecular weight is 384 g/mol. The highest BCUT2D eigenvalue weighted by Crippen LogP contribution is 2.37. The summed E-state index contributed by atoms with van der Waals surface area (Å²) in [4.78, 5) is 16.0. The SMILES string of the molecule is O=C(CN1CCc2sccc2C1c1ccccc1)Nc1ccc(F)cc1F. The van der Waals surface area contributed by atoms with E-state index in [0.717, 1.165) is 30.7 Å². The Kier molecular flexibility index (Phi) is 5.01. The monoisotopic (exact) mass is 384 g/mol. The first kappa shape index (κ1) is 17.8. The Morgan fingerprint density at radius 2 is 1.96 bits per heavy atom. The lowest BCUT2D eigenvalue weighted by Crippen LogP contribution is -2.40. The van der Waals surface area contributed by atoms with E-state index in [0.29, 0.717) is 0 Å². The fraction of sp³-hybridized carbons (Fsp3) is 0.190. The molecule has 3 aromatic rings. The molecule has 1 atom stereocenters. The maximum Gasteiger partial charge on any atom is 0.238 e. The van der Waals surface area contributed by atoms with Crippen LogP contribution in [0.5, 0.6) is 0 Å². The van der Waals surface area contributed by atoms with Gasteiger partial charge in [0.25, 0.3) is 0 Å². The summed E-state index contributed by atoms with van der Waals surface area (Å²) in [6, 6.07) is 15.3. The van der Waals surface area contributed by atoms with Crippen molar-refractivity contribution >= 4 is 22.9 Å². The minimum absolute atomic E-state index is 0.00843. The first-order valence-electron chi connectivity index (χ1n) is 8.72. The third-order valence-electron chi connectivity index (χ3n) is 4.73. The van der Waals surface area contributed by atoms with Gasteiger partial charge in [0.15, 0.2) is 0 Å². The molecule has 1 N–H and O–H groups in total. The van der Waals surface area contributed by atoms with E-state index in [4.69, 9.17) is 0 Å². The summed E-state index contributed by atoms with van der Waals surface area (Å²) >= 11 is 1.74. The minimum Gasteiger partial charge on any atom is -0.322 e. The van der Waals surface area contributed by atoms with Gasteiger partial charge in [0.05, 0.1) is 18.3 Å². The summed E-state index contributed by atoms with van der Waals surface area (Å²) in [5, 5.41) is 4.64. The summed E-state index contributed by atoms with van der Waals surface area (Å²) in [6.45, 7) is 0.873. The van der Waals surface area contributed by atoms with Gasteiger partial charge in [0, 0.05) is 17.5 Å². The second-order valence-electron chi connectivity index (χ2n) is 6.51. The smallest absolute Gasteiger partial charge is 0.238 e. The molecule has 3 nitrogen and oxygen atoms in total. The maximum atomic E-state index is 13.8. The van der Waals surface area contributed by atoms with E-state index >= 15 is 0 Å². The second kappa shape index (κ2) is 7.58. The lowest BCUT2D eigenvalue weighted by atomic mass is 9.93. The van der Waals surface area contributed by atoms with Crippen molar-refractivity contribution in [1.82, 2.24) is 4.90 Å². The number of carbonyl (C=O) groups is 1. The first-order valence-corrected chi connectivity index (χ1v) is 9.60. The molecule has 0 radical (unpaired) electrons. The van der Waals surface area contributed by atoms with Crippen molar-refractivity contribution in [1.29, 1.82) is 0 Å². The number of nitrogens with zero attached hydrogens (tertiary/aromatic N) is 1. The van der Waals surface area contributed by atoms with Crippen LogP contribution in [-0.2, 0) is 11.2 Å². The van der Waals surface area contributed by atoms with Crippen molar-refractivity contribution in [2.45, 2.75) is 12.5 Å². The van der Waals surface area contributed by atoms with E-state index in [2.05, 4.69) is 33.8 Å². The number of halogens is 2. The number of benzene rings is 2.